The number of carbonyl (C=O) groups is 6. The van der Waals surface area contributed by atoms with Crippen molar-refractivity contribution >= 4 is 183 Å². The van der Waals surface area contributed by atoms with Crippen LogP contribution in [0.4, 0.5) is 11.4 Å². The molecule has 0 spiro atoms. The van der Waals surface area contributed by atoms with E-state index in [1.54, 1.807) is 136 Å². The summed E-state index contributed by atoms with van der Waals surface area (Å²) in [6.07, 6.45) is -4.55. The van der Waals surface area contributed by atoms with Crippen LogP contribution in [0.5, 0.6) is 0 Å². The summed E-state index contributed by atoms with van der Waals surface area (Å²) in [5.41, 5.74) is -1.03. The van der Waals surface area contributed by atoms with Crippen LogP contribution in [-0.4, -0.2) is 166 Å². The number of benzene rings is 2. The molecule has 0 radical (unpaired) electrons. The van der Waals surface area contributed by atoms with Gasteiger partial charge < -0.3 is 77.0 Å². The minimum atomic E-state index is -1.72. The molecule has 13 N–H and O–H groups in total. The maximum Gasteiger partial charge on any atom is 0.255 e. The number of anilines is 2. The lowest BCUT2D eigenvalue weighted by atomic mass is 10.1. The summed E-state index contributed by atoms with van der Waals surface area (Å²) in [6.45, 7) is -5.60. The molecular weight excluding hydrogens is 1460 g/mol. The Labute approximate surface area is 411 Å². The standard InChI is InChI=1S/C31H36I6N6O15/c32-20-16(28(55)38-11(3-44)4-45)22(34)26(24(36)18(20)30(57)40-14(53)7-48)42(9-50)1-13(52)2-43(10-51)27-23(35)17(29(56)39-12(5-46)6-47)21(33)19(25(27)37)31(58)41-15(54)8-49/h9-15,44-49,52-54H,1-8H2,(H,38,55)(H,39,56)(H,40,57)(H,41,58). The maximum absolute atomic E-state index is 13.5. The molecule has 2 aromatic carbocycles. The highest BCUT2D eigenvalue weighted by Crippen LogP contribution is 2.40. The molecule has 2 atom stereocenters. The van der Waals surface area contributed by atoms with Gasteiger partial charge in [-0.15, -0.1) is 0 Å². The number of aliphatic hydroxyl groups is 9. The van der Waals surface area contributed by atoms with Crippen LogP contribution in [0.2, 0.25) is 0 Å². The van der Waals surface area contributed by atoms with Crippen molar-refractivity contribution in [2.45, 2.75) is 30.6 Å². The van der Waals surface area contributed by atoms with Crippen LogP contribution < -0.4 is 31.1 Å². The van der Waals surface area contributed by atoms with E-state index in [2.05, 4.69) is 21.3 Å². The van der Waals surface area contributed by atoms with Crippen molar-refractivity contribution in [1.82, 2.24) is 21.3 Å². The van der Waals surface area contributed by atoms with Crippen LogP contribution in [0.15, 0.2) is 0 Å². The topological polar surface area (TPSA) is 339 Å². The summed E-state index contributed by atoms with van der Waals surface area (Å²) in [5.74, 6) is -3.71. The number of amides is 6. The van der Waals surface area contributed by atoms with Gasteiger partial charge in [-0.3, -0.25) is 28.8 Å². The third kappa shape index (κ3) is 13.2. The van der Waals surface area contributed by atoms with E-state index in [-0.39, 0.29) is 67.9 Å². The normalized spacial score (nSPS) is 12.8. The number of carbonyl (C=O) groups excluding carboxylic acids is 6. The lowest BCUT2D eigenvalue weighted by molar-refractivity contribution is -0.108. The van der Waals surface area contributed by atoms with E-state index < -0.39 is 107 Å². The first-order valence-electron chi connectivity index (χ1n) is 16.1. The molecule has 0 aliphatic heterocycles. The molecule has 21 nitrogen and oxygen atoms in total. The maximum atomic E-state index is 13.5. The van der Waals surface area contributed by atoms with E-state index in [0.717, 1.165) is 9.80 Å². The number of nitrogens with zero attached hydrogens (tertiary/aromatic N) is 2. The molecule has 0 fully saturated rings. The number of halogens is 6. The van der Waals surface area contributed by atoms with Gasteiger partial charge in [0.15, 0.2) is 0 Å². The molecule has 6 amide bonds. The molecule has 0 aromatic heterocycles. The molecule has 58 heavy (non-hydrogen) atoms. The highest BCUT2D eigenvalue weighted by atomic mass is 127. The number of hydrogen-bond donors (Lipinski definition) is 13. The fourth-order valence-corrected chi connectivity index (χ4v) is 14.4. The van der Waals surface area contributed by atoms with Crippen LogP contribution in [0.1, 0.15) is 41.4 Å². The quantitative estimate of drug-likeness (QED) is 0.0331. The third-order valence-corrected chi connectivity index (χ3v) is 14.0. The Morgan fingerprint density at radius 1 is 0.466 bits per heavy atom. The van der Waals surface area contributed by atoms with Crippen molar-refractivity contribution in [3.63, 3.8) is 0 Å². The summed E-state index contributed by atoms with van der Waals surface area (Å²) >= 11 is 10.2. The van der Waals surface area contributed by atoms with Crippen molar-refractivity contribution in [1.29, 1.82) is 0 Å². The second-order valence-electron chi connectivity index (χ2n) is 11.7. The van der Waals surface area contributed by atoms with Crippen LogP contribution >= 0.6 is 136 Å². The minimum Gasteiger partial charge on any atom is -0.394 e. The highest BCUT2D eigenvalue weighted by molar-refractivity contribution is 14.1. The van der Waals surface area contributed by atoms with Gasteiger partial charge in [0.25, 0.3) is 23.6 Å². The van der Waals surface area contributed by atoms with Gasteiger partial charge in [0.05, 0.1) is 119 Å². The molecule has 27 heteroatoms. The smallest absolute Gasteiger partial charge is 0.255 e. The first kappa shape index (κ1) is 53.4. The minimum absolute atomic E-state index is 0.0156. The first-order chi connectivity index (χ1) is 27.3. The van der Waals surface area contributed by atoms with Crippen molar-refractivity contribution in [3.05, 3.63) is 43.7 Å². The average Bonchev–Trinajstić information content (AvgIpc) is 3.17. The van der Waals surface area contributed by atoms with Gasteiger partial charge in [0, 0.05) is 7.14 Å². The highest BCUT2D eigenvalue weighted by Gasteiger charge is 2.34. The number of rotatable bonds is 22. The number of nitrogens with one attached hydrogen (secondary N) is 4. The van der Waals surface area contributed by atoms with Crippen molar-refractivity contribution in [2.24, 2.45) is 0 Å². The van der Waals surface area contributed by atoms with E-state index in [4.69, 9.17) is 0 Å². The Balaban J connectivity index is 2.79. The van der Waals surface area contributed by atoms with Crippen molar-refractivity contribution < 1.29 is 74.7 Å². The fraction of sp³-hybridized carbons (Fsp3) is 0.419. The summed E-state index contributed by atoms with van der Waals surface area (Å²) < 4.78 is 0.238. The zero-order valence-corrected chi connectivity index (χ0v) is 42.3. The Bertz CT molecular complexity index is 1730. The van der Waals surface area contributed by atoms with Crippen LogP contribution in [0, 0.1) is 21.4 Å². The van der Waals surface area contributed by atoms with Gasteiger partial charge >= 0.3 is 0 Å². The van der Waals surface area contributed by atoms with Crippen LogP contribution in [0.3, 0.4) is 0 Å². The molecule has 0 saturated heterocycles. The van der Waals surface area contributed by atoms with Gasteiger partial charge in [0.1, 0.15) is 12.5 Å². The van der Waals surface area contributed by atoms with E-state index >= 15 is 0 Å². The molecular formula is C31H36I6N6O15. The second-order valence-corrected chi connectivity index (χ2v) is 18.1. The zero-order valence-electron chi connectivity index (χ0n) is 29.3. The van der Waals surface area contributed by atoms with Gasteiger partial charge in [-0.2, -0.15) is 0 Å². The predicted molar refractivity (Wildman–Crippen MR) is 254 cm³/mol. The van der Waals surface area contributed by atoms with Gasteiger partial charge in [-0.05, 0) is 136 Å². The summed E-state index contributed by atoms with van der Waals surface area (Å²) in [4.78, 5) is 81.3. The van der Waals surface area contributed by atoms with Crippen LogP contribution in [-0.2, 0) is 9.59 Å². The monoisotopic (exact) mass is 1490 g/mol. The Hall–Kier alpha value is -0.720. The Morgan fingerprint density at radius 2 is 0.724 bits per heavy atom. The van der Waals surface area contributed by atoms with Gasteiger partial charge in [-0.1, -0.05) is 0 Å². The van der Waals surface area contributed by atoms with Crippen molar-refractivity contribution in [2.75, 3.05) is 62.5 Å². The van der Waals surface area contributed by atoms with Crippen molar-refractivity contribution in [3.8, 4) is 0 Å². The predicted octanol–water partition coefficient (Wildman–Crippen LogP) is -2.45. The lowest BCUT2D eigenvalue weighted by Crippen LogP contribution is -2.44. The number of aliphatic hydroxyl groups excluding tert-OH is 9. The molecule has 0 aliphatic carbocycles. The number of hydrogen-bond acceptors (Lipinski definition) is 15. The van der Waals surface area contributed by atoms with E-state index in [0.29, 0.717) is 0 Å². The molecule has 0 heterocycles. The lowest BCUT2D eigenvalue weighted by Gasteiger charge is -2.30. The molecule has 0 aliphatic rings. The summed E-state index contributed by atoms with van der Waals surface area (Å²) in [5, 5.41) is 97.5. The summed E-state index contributed by atoms with van der Waals surface area (Å²) in [6, 6.07) is -2.24. The Morgan fingerprint density at radius 3 is 0.948 bits per heavy atom. The molecule has 0 bridgehead atoms. The van der Waals surface area contributed by atoms with Gasteiger partial charge in [-0.25, -0.2) is 0 Å². The average molecular weight is 1490 g/mol. The van der Waals surface area contributed by atoms with Gasteiger partial charge in [0.2, 0.25) is 12.8 Å². The largest absolute Gasteiger partial charge is 0.394 e. The first-order valence-corrected chi connectivity index (χ1v) is 22.6. The van der Waals surface area contributed by atoms with E-state index in [1.807, 2.05) is 0 Å². The zero-order chi connectivity index (χ0) is 44.2. The summed E-state index contributed by atoms with van der Waals surface area (Å²) in [7, 11) is 0. The fourth-order valence-electron chi connectivity index (χ4n) is 4.84. The van der Waals surface area contributed by atoms with Crippen LogP contribution in [0.25, 0.3) is 0 Å². The van der Waals surface area contributed by atoms with E-state index in [9.17, 15) is 74.7 Å². The second kappa shape index (κ2) is 25.4. The Kier molecular flexibility index (Phi) is 23.4. The molecule has 322 valence electrons. The molecule has 2 unspecified atom stereocenters. The van der Waals surface area contributed by atoms with E-state index in [1.165, 1.54) is 0 Å². The molecule has 2 rings (SSSR count). The molecule has 2 aromatic rings. The third-order valence-electron chi connectivity index (χ3n) is 7.63. The SMILES string of the molecule is O=CN(CC(O)CN(C=O)c1c(I)c(C(=O)NC(O)CO)c(I)c(C(=O)NC(CO)CO)c1I)c1c(I)c(C(=O)NC(O)CO)c(I)c(C(=O)NC(CO)CO)c1I. The molecule has 0 saturated carbocycles.